The Morgan fingerprint density at radius 3 is 2.81 bits per heavy atom. The molecule has 0 saturated carbocycles. The van der Waals surface area contributed by atoms with E-state index < -0.39 is 11.7 Å². The van der Waals surface area contributed by atoms with Crippen molar-refractivity contribution < 1.29 is 14.3 Å². The minimum Gasteiger partial charge on any atom is -0.444 e. The summed E-state index contributed by atoms with van der Waals surface area (Å²) in [6.45, 7) is 6.63. The Morgan fingerprint density at radius 1 is 1.56 bits per heavy atom. The molecule has 1 heterocycles. The average molecular weight is 230 g/mol. The molecule has 94 valence electrons. The van der Waals surface area contributed by atoms with Crippen molar-refractivity contribution in [1.82, 2.24) is 5.32 Å². The smallest absolute Gasteiger partial charge is 0.407 e. The van der Waals surface area contributed by atoms with Gasteiger partial charge in [-0.25, -0.2) is 4.79 Å². The van der Waals surface area contributed by atoms with E-state index in [1.807, 2.05) is 20.8 Å². The minimum atomic E-state index is -0.464. The molecule has 0 spiro atoms. The fourth-order valence-electron chi connectivity index (χ4n) is 1.56. The van der Waals surface area contributed by atoms with Gasteiger partial charge in [0.1, 0.15) is 5.60 Å². The van der Waals surface area contributed by atoms with E-state index in [-0.39, 0.29) is 12.1 Å². The zero-order valence-electron chi connectivity index (χ0n) is 10.3. The van der Waals surface area contributed by atoms with Gasteiger partial charge in [-0.05, 0) is 33.6 Å². The molecule has 3 N–H and O–H groups in total. The van der Waals surface area contributed by atoms with Crippen LogP contribution in [0.1, 0.15) is 33.6 Å². The SMILES string of the molecule is CC(C)(C)OC(=O)NC[C@@H]1C[C@@H](N)CCO1. The van der Waals surface area contributed by atoms with E-state index >= 15 is 0 Å². The van der Waals surface area contributed by atoms with Crippen molar-refractivity contribution in [1.29, 1.82) is 0 Å². The molecule has 0 aromatic heterocycles. The summed E-state index contributed by atoms with van der Waals surface area (Å²) in [6, 6.07) is 0.180. The van der Waals surface area contributed by atoms with Crippen LogP contribution in [-0.2, 0) is 9.47 Å². The maximum absolute atomic E-state index is 11.4. The normalized spacial score (nSPS) is 26.2. The average Bonchev–Trinajstić information content (AvgIpc) is 2.12. The number of carbonyl (C=O) groups is 1. The van der Waals surface area contributed by atoms with Crippen LogP contribution in [0.15, 0.2) is 0 Å². The van der Waals surface area contributed by atoms with Crippen LogP contribution in [0.4, 0.5) is 4.79 Å². The van der Waals surface area contributed by atoms with Gasteiger partial charge in [-0.1, -0.05) is 0 Å². The van der Waals surface area contributed by atoms with Crippen LogP contribution < -0.4 is 11.1 Å². The lowest BCUT2D eigenvalue weighted by atomic mass is 10.0. The number of carbonyl (C=O) groups excluding carboxylic acids is 1. The van der Waals surface area contributed by atoms with E-state index in [1.54, 1.807) is 0 Å². The van der Waals surface area contributed by atoms with E-state index in [1.165, 1.54) is 0 Å². The Labute approximate surface area is 96.7 Å². The molecule has 1 saturated heterocycles. The molecule has 1 aliphatic heterocycles. The summed E-state index contributed by atoms with van der Waals surface area (Å²) in [7, 11) is 0. The second-order valence-electron chi connectivity index (χ2n) is 5.16. The van der Waals surface area contributed by atoms with E-state index in [9.17, 15) is 4.79 Å². The maximum atomic E-state index is 11.4. The summed E-state index contributed by atoms with van der Waals surface area (Å²) < 4.78 is 10.6. The number of amides is 1. The summed E-state index contributed by atoms with van der Waals surface area (Å²) in [5.41, 5.74) is 5.34. The van der Waals surface area contributed by atoms with Crippen LogP contribution in [0.3, 0.4) is 0 Å². The van der Waals surface area contributed by atoms with Crippen LogP contribution in [0.5, 0.6) is 0 Å². The van der Waals surface area contributed by atoms with Crippen LogP contribution in [0, 0.1) is 0 Å². The van der Waals surface area contributed by atoms with E-state index in [4.69, 9.17) is 15.2 Å². The highest BCUT2D eigenvalue weighted by molar-refractivity contribution is 5.67. The number of hydrogen-bond acceptors (Lipinski definition) is 4. The Balaban J connectivity index is 2.21. The first-order valence-corrected chi connectivity index (χ1v) is 5.71. The van der Waals surface area contributed by atoms with E-state index in [0.29, 0.717) is 13.2 Å². The molecule has 1 fully saturated rings. The molecule has 0 bridgehead atoms. The Kier molecular flexibility index (Phi) is 4.56. The van der Waals surface area contributed by atoms with Crippen molar-refractivity contribution in [3.8, 4) is 0 Å². The Morgan fingerprint density at radius 2 is 2.25 bits per heavy atom. The van der Waals surface area contributed by atoms with Crippen molar-refractivity contribution in [2.75, 3.05) is 13.2 Å². The van der Waals surface area contributed by atoms with Gasteiger partial charge in [0.25, 0.3) is 0 Å². The molecule has 1 rings (SSSR count). The first-order valence-electron chi connectivity index (χ1n) is 5.71. The van der Waals surface area contributed by atoms with E-state index in [0.717, 1.165) is 12.8 Å². The number of nitrogens with one attached hydrogen (secondary N) is 1. The summed E-state index contributed by atoms with van der Waals surface area (Å²) in [6.07, 6.45) is 1.28. The highest BCUT2D eigenvalue weighted by atomic mass is 16.6. The minimum absolute atomic E-state index is 0.0104. The van der Waals surface area contributed by atoms with Gasteiger partial charge in [-0.2, -0.15) is 0 Å². The number of hydrogen-bond donors (Lipinski definition) is 2. The van der Waals surface area contributed by atoms with Crippen LogP contribution in [-0.4, -0.2) is 37.0 Å². The van der Waals surface area contributed by atoms with Gasteiger partial charge in [-0.3, -0.25) is 0 Å². The zero-order chi connectivity index (χ0) is 12.2. The summed E-state index contributed by atoms with van der Waals surface area (Å²) in [4.78, 5) is 11.4. The lowest BCUT2D eigenvalue weighted by molar-refractivity contribution is 0.00412. The van der Waals surface area contributed by atoms with Gasteiger partial charge in [0, 0.05) is 19.2 Å². The fraction of sp³-hybridized carbons (Fsp3) is 0.909. The van der Waals surface area contributed by atoms with Crippen LogP contribution >= 0.6 is 0 Å². The Hall–Kier alpha value is -0.810. The number of rotatable bonds is 2. The molecule has 0 aliphatic carbocycles. The first kappa shape index (κ1) is 13.3. The summed E-state index contributed by atoms with van der Waals surface area (Å²) in [5.74, 6) is 0. The number of alkyl carbamates (subject to hydrolysis) is 1. The third-order valence-corrected chi connectivity index (χ3v) is 2.28. The molecule has 0 radical (unpaired) electrons. The molecule has 0 unspecified atom stereocenters. The van der Waals surface area contributed by atoms with Crippen molar-refractivity contribution in [3.05, 3.63) is 0 Å². The second-order valence-corrected chi connectivity index (χ2v) is 5.16. The molecule has 1 aliphatic rings. The summed E-state index contributed by atoms with van der Waals surface area (Å²) in [5, 5.41) is 2.69. The van der Waals surface area contributed by atoms with Crippen molar-refractivity contribution >= 4 is 6.09 Å². The largest absolute Gasteiger partial charge is 0.444 e. The third-order valence-electron chi connectivity index (χ3n) is 2.28. The maximum Gasteiger partial charge on any atom is 0.407 e. The highest BCUT2D eigenvalue weighted by Crippen LogP contribution is 2.11. The lowest BCUT2D eigenvalue weighted by Crippen LogP contribution is -2.43. The zero-order valence-corrected chi connectivity index (χ0v) is 10.3. The van der Waals surface area contributed by atoms with Crippen molar-refractivity contribution in [2.45, 2.75) is 51.4 Å². The monoisotopic (exact) mass is 230 g/mol. The van der Waals surface area contributed by atoms with Crippen LogP contribution in [0.25, 0.3) is 0 Å². The van der Waals surface area contributed by atoms with Crippen molar-refractivity contribution in [2.24, 2.45) is 5.73 Å². The van der Waals surface area contributed by atoms with Crippen LogP contribution in [0.2, 0.25) is 0 Å². The quantitative estimate of drug-likeness (QED) is 0.742. The highest BCUT2D eigenvalue weighted by Gasteiger charge is 2.21. The lowest BCUT2D eigenvalue weighted by Gasteiger charge is -2.27. The predicted molar refractivity (Wildman–Crippen MR) is 61.2 cm³/mol. The van der Waals surface area contributed by atoms with E-state index in [2.05, 4.69) is 5.32 Å². The van der Waals surface area contributed by atoms with Gasteiger partial charge in [0.15, 0.2) is 0 Å². The molecule has 16 heavy (non-hydrogen) atoms. The predicted octanol–water partition coefficient (Wildman–Crippen LogP) is 1.02. The van der Waals surface area contributed by atoms with Crippen molar-refractivity contribution in [3.63, 3.8) is 0 Å². The van der Waals surface area contributed by atoms with Gasteiger partial charge in [0.05, 0.1) is 6.10 Å². The molecule has 1 amide bonds. The summed E-state index contributed by atoms with van der Waals surface area (Å²) >= 11 is 0. The molecule has 5 heteroatoms. The van der Waals surface area contributed by atoms with Gasteiger partial charge >= 0.3 is 6.09 Å². The van der Waals surface area contributed by atoms with Gasteiger partial charge in [-0.15, -0.1) is 0 Å². The molecule has 2 atom stereocenters. The molecular weight excluding hydrogens is 208 g/mol. The fourth-order valence-corrected chi connectivity index (χ4v) is 1.56. The first-order chi connectivity index (χ1) is 7.37. The molecular formula is C11H22N2O3. The second kappa shape index (κ2) is 5.50. The number of nitrogens with two attached hydrogens (primary N) is 1. The topological polar surface area (TPSA) is 73.6 Å². The number of ether oxygens (including phenoxy) is 2. The molecule has 0 aromatic rings. The van der Waals surface area contributed by atoms with Gasteiger partial charge < -0.3 is 20.5 Å². The van der Waals surface area contributed by atoms with Gasteiger partial charge in [0.2, 0.25) is 0 Å². The standard InChI is InChI=1S/C11H22N2O3/c1-11(2,3)16-10(14)13-7-9-6-8(12)4-5-15-9/h8-9H,4-7,12H2,1-3H3,(H,13,14)/t8-,9-/m0/s1. The molecule has 5 nitrogen and oxygen atoms in total. The molecule has 0 aromatic carbocycles. The Bertz CT molecular complexity index is 238. The third kappa shape index (κ3) is 5.32.